The van der Waals surface area contributed by atoms with Crippen LogP contribution in [0.2, 0.25) is 0 Å². The third-order valence-corrected chi connectivity index (χ3v) is 3.72. The first-order valence-electron chi connectivity index (χ1n) is 6.22. The Bertz CT molecular complexity index is 336. The molecule has 1 nitrogen and oxygen atoms in total. The molecule has 0 fully saturated rings. The number of allylic oxidation sites excluding steroid dienone is 1. The molecule has 0 amide bonds. The van der Waals surface area contributed by atoms with Gasteiger partial charge in [0, 0.05) is 0 Å². The van der Waals surface area contributed by atoms with Gasteiger partial charge < -0.3 is 0 Å². The number of nitrogens with zero attached hydrogens (tertiary/aromatic N) is 1. The summed E-state index contributed by atoms with van der Waals surface area (Å²) in [6, 6.07) is 8.87. The van der Waals surface area contributed by atoms with Crippen LogP contribution in [0, 0.1) is 0 Å². The van der Waals surface area contributed by atoms with Gasteiger partial charge in [0.15, 0.2) is 0 Å². The minimum Gasteiger partial charge on any atom is -0.292 e. The standard InChI is InChI=1S/C15H24N/c1-6-16(7-2,8-3)15-11-9-14(10-12-15)13(4)5/h9-12H,4,6-8H2,1-3,5H3/q+1. The summed E-state index contributed by atoms with van der Waals surface area (Å²) in [4.78, 5) is 0. The van der Waals surface area contributed by atoms with E-state index in [1.54, 1.807) is 0 Å². The first-order valence-corrected chi connectivity index (χ1v) is 6.22. The van der Waals surface area contributed by atoms with Crippen molar-refractivity contribution in [1.82, 2.24) is 4.48 Å². The number of benzene rings is 1. The fourth-order valence-corrected chi connectivity index (χ4v) is 2.28. The Labute approximate surface area is 100.0 Å². The Morgan fingerprint density at radius 3 is 1.75 bits per heavy atom. The molecule has 1 aromatic rings. The second-order valence-corrected chi connectivity index (χ2v) is 4.42. The van der Waals surface area contributed by atoms with E-state index in [0.29, 0.717) is 0 Å². The fourth-order valence-electron chi connectivity index (χ4n) is 2.28. The van der Waals surface area contributed by atoms with E-state index in [2.05, 4.69) is 58.5 Å². The summed E-state index contributed by atoms with van der Waals surface area (Å²) in [5.74, 6) is 0. The zero-order chi connectivity index (χ0) is 12.2. The van der Waals surface area contributed by atoms with Crippen molar-refractivity contribution in [3.8, 4) is 0 Å². The van der Waals surface area contributed by atoms with Crippen molar-refractivity contribution in [2.24, 2.45) is 0 Å². The monoisotopic (exact) mass is 218 g/mol. The van der Waals surface area contributed by atoms with Gasteiger partial charge in [0.25, 0.3) is 0 Å². The quantitative estimate of drug-likeness (QED) is 0.653. The predicted octanol–water partition coefficient (Wildman–Crippen LogP) is 4.09. The van der Waals surface area contributed by atoms with E-state index in [-0.39, 0.29) is 0 Å². The van der Waals surface area contributed by atoms with Gasteiger partial charge in [-0.3, -0.25) is 4.48 Å². The molecule has 1 aromatic carbocycles. The maximum atomic E-state index is 3.97. The summed E-state index contributed by atoms with van der Waals surface area (Å²) in [7, 11) is 0. The Kier molecular flexibility index (Phi) is 4.31. The first kappa shape index (κ1) is 13.0. The molecule has 16 heavy (non-hydrogen) atoms. The van der Waals surface area contributed by atoms with Crippen molar-refractivity contribution in [2.75, 3.05) is 19.6 Å². The van der Waals surface area contributed by atoms with Crippen LogP contribution in [0.25, 0.3) is 5.57 Å². The van der Waals surface area contributed by atoms with Crippen molar-refractivity contribution in [1.29, 1.82) is 0 Å². The SMILES string of the molecule is C=C(C)c1ccc([N+](CC)(CC)CC)cc1. The van der Waals surface area contributed by atoms with Crippen LogP contribution in [-0.2, 0) is 0 Å². The molecule has 0 aromatic heterocycles. The maximum Gasteiger partial charge on any atom is 0.132 e. The van der Waals surface area contributed by atoms with Crippen molar-refractivity contribution in [2.45, 2.75) is 27.7 Å². The van der Waals surface area contributed by atoms with E-state index in [0.717, 1.165) is 29.7 Å². The molecule has 0 saturated carbocycles. The molecule has 0 saturated heterocycles. The van der Waals surface area contributed by atoms with Crippen LogP contribution in [0.3, 0.4) is 0 Å². The highest BCUT2D eigenvalue weighted by molar-refractivity contribution is 5.63. The molecule has 1 rings (SSSR count). The average Bonchev–Trinajstić information content (AvgIpc) is 2.33. The minimum absolute atomic E-state index is 1.07. The van der Waals surface area contributed by atoms with Crippen molar-refractivity contribution in [3.05, 3.63) is 36.4 Å². The molecule has 0 heterocycles. The first-order chi connectivity index (χ1) is 7.59. The molecule has 0 unspecified atom stereocenters. The van der Waals surface area contributed by atoms with Gasteiger partial charge in [-0.25, -0.2) is 0 Å². The molecule has 0 aliphatic heterocycles. The fraction of sp³-hybridized carbons (Fsp3) is 0.467. The van der Waals surface area contributed by atoms with E-state index in [9.17, 15) is 0 Å². The maximum absolute atomic E-state index is 3.97. The molecular formula is C15H24N+. The van der Waals surface area contributed by atoms with E-state index < -0.39 is 0 Å². The highest BCUT2D eigenvalue weighted by Crippen LogP contribution is 2.24. The van der Waals surface area contributed by atoms with Crippen LogP contribution >= 0.6 is 0 Å². The second-order valence-electron chi connectivity index (χ2n) is 4.42. The third-order valence-electron chi connectivity index (χ3n) is 3.72. The summed E-state index contributed by atoms with van der Waals surface area (Å²) in [6.07, 6.45) is 0. The smallest absolute Gasteiger partial charge is 0.132 e. The van der Waals surface area contributed by atoms with Gasteiger partial charge in [-0.2, -0.15) is 0 Å². The van der Waals surface area contributed by atoms with Crippen molar-refractivity contribution in [3.63, 3.8) is 0 Å². The summed E-state index contributed by atoms with van der Waals surface area (Å²) < 4.78 is 1.07. The lowest BCUT2D eigenvalue weighted by Crippen LogP contribution is -2.48. The summed E-state index contributed by atoms with van der Waals surface area (Å²) in [5.41, 5.74) is 3.79. The van der Waals surface area contributed by atoms with Crippen LogP contribution in [0.5, 0.6) is 0 Å². The minimum atomic E-state index is 1.07. The van der Waals surface area contributed by atoms with Gasteiger partial charge in [0.05, 0.1) is 19.6 Å². The number of hydrogen-bond donors (Lipinski definition) is 0. The lowest BCUT2D eigenvalue weighted by Gasteiger charge is -2.35. The highest BCUT2D eigenvalue weighted by Gasteiger charge is 2.23. The molecule has 0 radical (unpaired) electrons. The topological polar surface area (TPSA) is 0 Å². The van der Waals surface area contributed by atoms with Crippen LogP contribution in [0.15, 0.2) is 30.8 Å². The van der Waals surface area contributed by atoms with E-state index >= 15 is 0 Å². The van der Waals surface area contributed by atoms with E-state index in [1.807, 2.05) is 0 Å². The Morgan fingerprint density at radius 1 is 1.00 bits per heavy atom. The Balaban J connectivity index is 3.08. The van der Waals surface area contributed by atoms with Gasteiger partial charge in [-0.15, -0.1) is 0 Å². The lowest BCUT2D eigenvalue weighted by atomic mass is 10.1. The molecule has 0 aliphatic rings. The summed E-state index contributed by atoms with van der Waals surface area (Å²) in [6.45, 7) is 16.3. The average molecular weight is 218 g/mol. The highest BCUT2D eigenvalue weighted by atomic mass is 15.3. The van der Waals surface area contributed by atoms with Crippen molar-refractivity contribution >= 4 is 11.3 Å². The Morgan fingerprint density at radius 2 is 1.44 bits per heavy atom. The molecule has 1 heteroatoms. The van der Waals surface area contributed by atoms with Gasteiger partial charge in [0.2, 0.25) is 0 Å². The van der Waals surface area contributed by atoms with Crippen LogP contribution in [0.4, 0.5) is 5.69 Å². The van der Waals surface area contributed by atoms with Gasteiger partial charge in [-0.1, -0.05) is 12.2 Å². The molecule has 0 spiro atoms. The van der Waals surface area contributed by atoms with Crippen LogP contribution < -0.4 is 4.48 Å². The summed E-state index contributed by atoms with van der Waals surface area (Å²) >= 11 is 0. The third kappa shape index (κ3) is 2.35. The lowest BCUT2D eigenvalue weighted by molar-refractivity contribution is 0.316. The molecule has 0 N–H and O–H groups in total. The van der Waals surface area contributed by atoms with Gasteiger partial charge >= 0.3 is 0 Å². The van der Waals surface area contributed by atoms with Crippen LogP contribution in [0.1, 0.15) is 33.3 Å². The predicted molar refractivity (Wildman–Crippen MR) is 74.6 cm³/mol. The van der Waals surface area contributed by atoms with Gasteiger partial charge in [0.1, 0.15) is 5.69 Å². The number of quaternary nitrogens is 1. The van der Waals surface area contributed by atoms with Gasteiger partial charge in [-0.05, 0) is 57.5 Å². The number of hydrogen-bond acceptors (Lipinski definition) is 0. The molecule has 88 valence electrons. The molecule has 0 aliphatic carbocycles. The largest absolute Gasteiger partial charge is 0.292 e. The second kappa shape index (κ2) is 5.31. The molecular weight excluding hydrogens is 194 g/mol. The van der Waals surface area contributed by atoms with Crippen molar-refractivity contribution < 1.29 is 0 Å². The van der Waals surface area contributed by atoms with E-state index in [1.165, 1.54) is 11.3 Å². The summed E-state index contributed by atoms with van der Waals surface area (Å²) in [5, 5.41) is 0. The zero-order valence-corrected chi connectivity index (χ0v) is 11.1. The van der Waals surface area contributed by atoms with Crippen LogP contribution in [-0.4, -0.2) is 19.6 Å². The Hall–Kier alpha value is -1.08. The number of rotatable bonds is 5. The normalized spacial score (nSPS) is 11.5. The molecule has 0 bridgehead atoms. The van der Waals surface area contributed by atoms with E-state index in [4.69, 9.17) is 0 Å². The molecule has 0 atom stereocenters. The zero-order valence-electron chi connectivity index (χ0n) is 11.1.